The lowest BCUT2D eigenvalue weighted by molar-refractivity contribution is 0.669. The van der Waals surface area contributed by atoms with Gasteiger partial charge in [0.1, 0.15) is 22.3 Å². The first-order chi connectivity index (χ1) is 26.7. The molecule has 2 heteroatoms. The van der Waals surface area contributed by atoms with Crippen LogP contribution >= 0.6 is 0 Å². The van der Waals surface area contributed by atoms with Crippen molar-refractivity contribution in [3.63, 3.8) is 0 Å². The monoisotopic (exact) mass is 690 g/mol. The maximum atomic E-state index is 6.65. The van der Waals surface area contributed by atoms with E-state index < -0.39 is 0 Å². The molecular weight excluding hydrogens is 657 g/mol. The quantitative estimate of drug-likeness (QED) is 0.136. The highest BCUT2D eigenvalue weighted by molar-refractivity contribution is 6.23. The lowest BCUT2D eigenvalue weighted by Crippen LogP contribution is -1.93. The first-order valence-electron chi connectivity index (χ1n) is 18.6. The Bertz CT molecular complexity index is 3350. The third kappa shape index (κ3) is 4.47. The second-order valence-electron chi connectivity index (χ2n) is 14.3. The van der Waals surface area contributed by atoms with Gasteiger partial charge in [-0.25, -0.2) is 0 Å². The van der Waals surface area contributed by atoms with Gasteiger partial charge in [-0.1, -0.05) is 133 Å². The van der Waals surface area contributed by atoms with Gasteiger partial charge in [-0.15, -0.1) is 0 Å². The minimum absolute atomic E-state index is 0.885. The molecule has 0 saturated carbocycles. The molecule has 9 aromatic carbocycles. The molecule has 0 aliphatic carbocycles. The van der Waals surface area contributed by atoms with Gasteiger partial charge in [0.05, 0.1) is 0 Å². The molecule has 0 saturated heterocycles. The first kappa shape index (κ1) is 30.7. The van der Waals surface area contributed by atoms with Crippen LogP contribution in [0, 0.1) is 0 Å². The molecule has 0 N–H and O–H groups in total. The van der Waals surface area contributed by atoms with Gasteiger partial charge in [0.15, 0.2) is 0 Å². The summed E-state index contributed by atoms with van der Waals surface area (Å²) in [5, 5.41) is 14.2. The van der Waals surface area contributed by atoms with Gasteiger partial charge in [-0.3, -0.25) is 0 Å². The standard InChI is InChI=1S/C52H34O2/c1-3-4-13-31(2)50-38-17-7-9-19-40(38)51(41-20-10-8-18-39(41)50)42-26-25-34(35-14-5-6-15-36(35)42)32-23-27-48-45(28-32)43-24-22-33-29-49-46(30-44(33)52(43)54-48)37-16-11-12-21-47(37)53-49/h3-30H,1-2H3/b4-3-,31-13+. The van der Waals surface area contributed by atoms with E-state index in [2.05, 4.69) is 172 Å². The number of allylic oxidation sites excluding steroid dienone is 4. The molecule has 0 unspecified atom stereocenters. The summed E-state index contributed by atoms with van der Waals surface area (Å²) in [6.45, 7) is 4.29. The van der Waals surface area contributed by atoms with Crippen LogP contribution in [0.4, 0.5) is 0 Å². The minimum Gasteiger partial charge on any atom is -0.456 e. The molecule has 0 aliphatic heterocycles. The van der Waals surface area contributed by atoms with E-state index in [1.54, 1.807) is 0 Å². The minimum atomic E-state index is 0.885. The van der Waals surface area contributed by atoms with Crippen LogP contribution in [0.5, 0.6) is 0 Å². The van der Waals surface area contributed by atoms with Crippen molar-refractivity contribution >= 4 is 92.5 Å². The highest BCUT2D eigenvalue weighted by Crippen LogP contribution is 2.46. The van der Waals surface area contributed by atoms with Gasteiger partial charge in [-0.05, 0) is 121 Å². The number of furan rings is 2. The summed E-state index contributed by atoms with van der Waals surface area (Å²) in [7, 11) is 0. The average Bonchev–Trinajstić information content (AvgIpc) is 3.78. The molecule has 0 amide bonds. The Morgan fingerprint density at radius 3 is 1.80 bits per heavy atom. The maximum absolute atomic E-state index is 6.65. The van der Waals surface area contributed by atoms with E-state index in [1.165, 1.54) is 65.7 Å². The highest BCUT2D eigenvalue weighted by Gasteiger charge is 2.20. The molecule has 254 valence electrons. The fourth-order valence-electron chi connectivity index (χ4n) is 8.88. The van der Waals surface area contributed by atoms with E-state index in [0.29, 0.717) is 0 Å². The van der Waals surface area contributed by atoms with Gasteiger partial charge >= 0.3 is 0 Å². The summed E-state index contributed by atoms with van der Waals surface area (Å²) < 4.78 is 12.9. The van der Waals surface area contributed by atoms with Crippen molar-refractivity contribution in [3.05, 3.63) is 175 Å². The van der Waals surface area contributed by atoms with E-state index in [9.17, 15) is 0 Å². The molecule has 11 rings (SSSR count). The van der Waals surface area contributed by atoms with Crippen LogP contribution in [0.3, 0.4) is 0 Å². The fourth-order valence-corrected chi connectivity index (χ4v) is 8.88. The molecule has 0 spiro atoms. The SMILES string of the molecule is C/C=C\C=C(/C)c1c2ccccc2c(-c2ccc(-c3ccc4oc5c6cc7c(cc6ccc5c4c3)oc3ccccc37)c3ccccc23)c2ccccc12. The molecule has 2 aromatic heterocycles. The van der Waals surface area contributed by atoms with Crippen molar-refractivity contribution in [1.29, 1.82) is 0 Å². The number of para-hydroxylation sites is 1. The zero-order chi connectivity index (χ0) is 35.9. The van der Waals surface area contributed by atoms with Crippen molar-refractivity contribution in [2.24, 2.45) is 0 Å². The van der Waals surface area contributed by atoms with Crippen molar-refractivity contribution in [2.45, 2.75) is 13.8 Å². The van der Waals surface area contributed by atoms with Crippen molar-refractivity contribution < 1.29 is 8.83 Å². The van der Waals surface area contributed by atoms with Crippen LogP contribution < -0.4 is 0 Å². The first-order valence-corrected chi connectivity index (χ1v) is 18.6. The van der Waals surface area contributed by atoms with Gasteiger partial charge < -0.3 is 8.83 Å². The van der Waals surface area contributed by atoms with Crippen LogP contribution in [0.15, 0.2) is 179 Å². The topological polar surface area (TPSA) is 26.3 Å². The molecule has 11 aromatic rings. The number of benzene rings is 9. The summed E-state index contributed by atoms with van der Waals surface area (Å²) in [4.78, 5) is 0. The molecule has 0 radical (unpaired) electrons. The number of rotatable bonds is 4. The van der Waals surface area contributed by atoms with Gasteiger partial charge in [-0.2, -0.15) is 0 Å². The second kappa shape index (κ2) is 11.8. The molecule has 0 fully saturated rings. The summed E-state index contributed by atoms with van der Waals surface area (Å²) >= 11 is 0. The third-order valence-corrected chi connectivity index (χ3v) is 11.3. The zero-order valence-electron chi connectivity index (χ0n) is 30.0. The Labute approximate surface area is 311 Å². The second-order valence-corrected chi connectivity index (χ2v) is 14.3. The molecule has 54 heavy (non-hydrogen) atoms. The number of hydrogen-bond donors (Lipinski definition) is 0. The van der Waals surface area contributed by atoms with Gasteiger partial charge in [0, 0.05) is 26.9 Å². The predicted octanol–water partition coefficient (Wildman–Crippen LogP) is 15.4. The Morgan fingerprint density at radius 1 is 0.444 bits per heavy atom. The summed E-state index contributed by atoms with van der Waals surface area (Å²) in [5.74, 6) is 0. The Kier molecular flexibility index (Phi) is 6.72. The van der Waals surface area contributed by atoms with Crippen molar-refractivity contribution in [2.75, 3.05) is 0 Å². The Balaban J connectivity index is 1.12. The Morgan fingerprint density at radius 2 is 1.06 bits per heavy atom. The van der Waals surface area contributed by atoms with E-state index in [4.69, 9.17) is 8.83 Å². The normalized spacial score (nSPS) is 12.7. The van der Waals surface area contributed by atoms with Crippen molar-refractivity contribution in [3.8, 4) is 22.3 Å². The van der Waals surface area contributed by atoms with Crippen LogP contribution in [0.25, 0.3) is 115 Å². The predicted molar refractivity (Wildman–Crippen MR) is 230 cm³/mol. The van der Waals surface area contributed by atoms with E-state index in [-0.39, 0.29) is 0 Å². The highest BCUT2D eigenvalue weighted by atomic mass is 16.3. The van der Waals surface area contributed by atoms with E-state index in [1.807, 2.05) is 12.1 Å². The summed E-state index contributed by atoms with van der Waals surface area (Å²) in [6, 6.07) is 54.9. The fraction of sp³-hybridized carbons (Fsp3) is 0.0385. The maximum Gasteiger partial charge on any atom is 0.143 e. The molecular formula is C52H34O2. The largest absolute Gasteiger partial charge is 0.456 e. The van der Waals surface area contributed by atoms with Crippen molar-refractivity contribution in [1.82, 2.24) is 0 Å². The number of fused-ring (bicyclic) bond motifs is 11. The lowest BCUT2D eigenvalue weighted by atomic mass is 9.84. The van der Waals surface area contributed by atoms with Crippen LogP contribution in [-0.2, 0) is 0 Å². The third-order valence-electron chi connectivity index (χ3n) is 11.3. The smallest absolute Gasteiger partial charge is 0.143 e. The van der Waals surface area contributed by atoms with E-state index >= 15 is 0 Å². The number of hydrogen-bond acceptors (Lipinski definition) is 2. The molecule has 0 bridgehead atoms. The van der Waals surface area contributed by atoms with Crippen LogP contribution in [0.1, 0.15) is 19.4 Å². The lowest BCUT2D eigenvalue weighted by Gasteiger charge is -2.19. The Hall–Kier alpha value is -6.90. The molecule has 2 heterocycles. The summed E-state index contributed by atoms with van der Waals surface area (Å²) in [5.41, 5.74) is 11.0. The van der Waals surface area contributed by atoms with Gasteiger partial charge in [0.2, 0.25) is 0 Å². The summed E-state index contributed by atoms with van der Waals surface area (Å²) in [6.07, 6.45) is 6.44. The zero-order valence-corrected chi connectivity index (χ0v) is 30.0. The average molecular weight is 691 g/mol. The molecule has 2 nitrogen and oxygen atoms in total. The van der Waals surface area contributed by atoms with Crippen LogP contribution in [-0.4, -0.2) is 0 Å². The van der Waals surface area contributed by atoms with Crippen LogP contribution in [0.2, 0.25) is 0 Å². The van der Waals surface area contributed by atoms with Gasteiger partial charge in [0.25, 0.3) is 0 Å². The molecule has 0 aliphatic rings. The molecule has 0 atom stereocenters. The van der Waals surface area contributed by atoms with E-state index in [0.717, 1.165) is 54.6 Å².